The monoisotopic (exact) mass is 532 g/mol. The Hall–Kier alpha value is -3.33. The molecule has 3 aliphatic rings. The Kier molecular flexibility index (Phi) is 5.54. The minimum atomic E-state index is -3.09. The van der Waals surface area contributed by atoms with Gasteiger partial charge in [-0.1, -0.05) is 11.2 Å². The number of benzene rings is 2. The molecule has 2 aromatic heterocycles. The van der Waals surface area contributed by atoms with Crippen molar-refractivity contribution < 1.29 is 17.7 Å². The van der Waals surface area contributed by atoms with Crippen molar-refractivity contribution in [2.45, 2.75) is 58.0 Å². The first-order valence-electron chi connectivity index (χ1n) is 13.6. The van der Waals surface area contributed by atoms with Gasteiger partial charge < -0.3 is 18.7 Å². The van der Waals surface area contributed by atoms with Crippen LogP contribution in [0.1, 0.15) is 60.6 Å². The Labute approximate surface area is 222 Å². The maximum absolute atomic E-state index is 12.7. The van der Waals surface area contributed by atoms with Crippen LogP contribution in [0.4, 0.5) is 5.69 Å². The summed E-state index contributed by atoms with van der Waals surface area (Å²) in [6.45, 7) is 5.56. The van der Waals surface area contributed by atoms with E-state index in [-0.39, 0.29) is 23.6 Å². The molecule has 1 unspecified atom stereocenters. The van der Waals surface area contributed by atoms with Crippen LogP contribution in [0.3, 0.4) is 0 Å². The molecular weight excluding hydrogens is 500 g/mol. The zero-order chi connectivity index (χ0) is 26.0. The molecule has 9 heteroatoms. The molecule has 0 bridgehead atoms. The van der Waals surface area contributed by atoms with E-state index in [0.29, 0.717) is 6.42 Å². The molecule has 2 fully saturated rings. The minimum Gasteiger partial charge on any atom is -0.493 e. The highest BCUT2D eigenvalue weighted by Gasteiger charge is 2.35. The van der Waals surface area contributed by atoms with Gasteiger partial charge in [-0.25, -0.2) is 13.4 Å². The molecular formula is C29H32N4O4S. The number of sulfone groups is 1. The molecule has 5 heterocycles. The van der Waals surface area contributed by atoms with Gasteiger partial charge in [-0.15, -0.1) is 0 Å². The number of aromatic nitrogens is 3. The van der Waals surface area contributed by atoms with Gasteiger partial charge in [-0.2, -0.15) is 0 Å². The fourth-order valence-electron chi connectivity index (χ4n) is 6.68. The van der Waals surface area contributed by atoms with Crippen molar-refractivity contribution in [3.63, 3.8) is 0 Å². The number of rotatable bonds is 4. The minimum absolute atomic E-state index is 0.0786. The molecule has 0 amide bonds. The fraction of sp³-hybridized carbons (Fsp3) is 0.448. The van der Waals surface area contributed by atoms with Gasteiger partial charge in [0.05, 0.1) is 40.9 Å². The normalized spacial score (nSPS) is 22.6. The summed E-state index contributed by atoms with van der Waals surface area (Å²) in [6, 6.07) is 12.7. The van der Waals surface area contributed by atoms with E-state index in [4.69, 9.17) is 14.2 Å². The number of hydrogen-bond donors (Lipinski definition) is 0. The van der Waals surface area contributed by atoms with Gasteiger partial charge in [-0.3, -0.25) is 0 Å². The lowest BCUT2D eigenvalue weighted by Crippen LogP contribution is -2.31. The summed E-state index contributed by atoms with van der Waals surface area (Å²) in [7, 11) is -3.09. The third-order valence-corrected chi connectivity index (χ3v) is 10.2. The first kappa shape index (κ1) is 23.8. The third kappa shape index (κ3) is 3.90. The lowest BCUT2D eigenvalue weighted by Gasteiger charge is -2.31. The van der Waals surface area contributed by atoms with Crippen LogP contribution in [0.25, 0.3) is 22.2 Å². The van der Waals surface area contributed by atoms with Crippen LogP contribution < -0.4 is 9.64 Å². The second-order valence-electron chi connectivity index (χ2n) is 10.9. The molecule has 0 radical (unpaired) electrons. The predicted octanol–water partition coefficient (Wildman–Crippen LogP) is 5.33. The third-order valence-electron chi connectivity index (χ3n) is 8.40. The van der Waals surface area contributed by atoms with Gasteiger partial charge in [-0.05, 0) is 81.0 Å². The van der Waals surface area contributed by atoms with Crippen molar-refractivity contribution in [3.8, 4) is 16.9 Å². The van der Waals surface area contributed by atoms with Gasteiger partial charge in [0, 0.05) is 30.3 Å². The van der Waals surface area contributed by atoms with Crippen LogP contribution in [0, 0.1) is 13.8 Å². The van der Waals surface area contributed by atoms with E-state index in [0.717, 1.165) is 84.0 Å². The Bertz CT molecular complexity index is 1630. The Balaban J connectivity index is 1.37. The van der Waals surface area contributed by atoms with E-state index >= 15 is 0 Å². The van der Waals surface area contributed by atoms with Gasteiger partial charge in [0.15, 0.2) is 9.84 Å². The van der Waals surface area contributed by atoms with E-state index in [1.54, 1.807) is 0 Å². The molecule has 8 nitrogen and oxygen atoms in total. The zero-order valence-electron chi connectivity index (χ0n) is 21.8. The highest BCUT2D eigenvalue weighted by molar-refractivity contribution is 7.91. The second-order valence-corrected chi connectivity index (χ2v) is 13.1. The first-order valence-corrected chi connectivity index (χ1v) is 15.4. The Morgan fingerprint density at radius 1 is 1.05 bits per heavy atom. The van der Waals surface area contributed by atoms with Crippen LogP contribution >= 0.6 is 0 Å². The molecule has 0 N–H and O–H groups in total. The summed E-state index contributed by atoms with van der Waals surface area (Å²) in [5.41, 5.74) is 7.17. The molecule has 2 atom stereocenters. The summed E-state index contributed by atoms with van der Waals surface area (Å²) >= 11 is 0. The van der Waals surface area contributed by atoms with Gasteiger partial charge in [0.2, 0.25) is 0 Å². The maximum Gasteiger partial charge on any atom is 0.152 e. The number of ether oxygens (including phenoxy) is 1. The molecule has 4 aromatic rings. The van der Waals surface area contributed by atoms with Crippen molar-refractivity contribution >= 4 is 26.6 Å². The molecule has 0 spiro atoms. The summed E-state index contributed by atoms with van der Waals surface area (Å²) in [5, 5.41) is 4.13. The summed E-state index contributed by atoms with van der Waals surface area (Å²) in [6.07, 6.45) is 4.50. The van der Waals surface area contributed by atoms with E-state index in [2.05, 4.69) is 51.0 Å². The van der Waals surface area contributed by atoms with Crippen molar-refractivity contribution in [2.75, 3.05) is 29.6 Å². The second kappa shape index (κ2) is 8.86. The van der Waals surface area contributed by atoms with E-state index in [1.807, 2.05) is 13.8 Å². The fourth-order valence-corrected chi connectivity index (χ4v) is 8.36. The summed E-state index contributed by atoms with van der Waals surface area (Å²) < 4.78 is 38.9. The highest BCUT2D eigenvalue weighted by atomic mass is 32.2. The van der Waals surface area contributed by atoms with E-state index in [9.17, 15) is 8.42 Å². The van der Waals surface area contributed by atoms with Crippen molar-refractivity contribution in [3.05, 3.63) is 59.2 Å². The molecule has 7 rings (SSSR count). The first-order chi connectivity index (χ1) is 18.4. The van der Waals surface area contributed by atoms with E-state index in [1.165, 1.54) is 11.3 Å². The maximum atomic E-state index is 12.7. The number of hydrogen-bond acceptors (Lipinski definition) is 7. The zero-order valence-corrected chi connectivity index (χ0v) is 22.6. The lowest BCUT2D eigenvalue weighted by atomic mass is 10.0. The predicted molar refractivity (Wildman–Crippen MR) is 147 cm³/mol. The molecule has 2 aromatic carbocycles. The van der Waals surface area contributed by atoms with Crippen molar-refractivity contribution in [2.24, 2.45) is 0 Å². The van der Waals surface area contributed by atoms with Crippen LogP contribution in [-0.2, 0) is 16.3 Å². The molecule has 38 heavy (non-hydrogen) atoms. The average Bonchev–Trinajstić information content (AvgIpc) is 3.68. The quantitative estimate of drug-likeness (QED) is 0.351. The van der Waals surface area contributed by atoms with Gasteiger partial charge in [0.25, 0.3) is 0 Å². The number of nitrogens with zero attached hydrogens (tertiary/aromatic N) is 4. The van der Waals surface area contributed by atoms with Crippen molar-refractivity contribution in [1.29, 1.82) is 0 Å². The number of anilines is 1. The standard InChI is InChI=1S/C29H32N4O4S/c1-18-28(19(2)37-31-18)21-7-9-25-24(16-21)30-29(33(25)23-5-4-14-38(34,35)17-23)26-6-3-12-32(26)22-8-10-27-20(15-22)11-13-36-27/h7-10,15-16,23,26H,3-6,11-14,17H2,1-2H3/t23?,26-/m0/s1. The number of imidazole rings is 1. The lowest BCUT2D eigenvalue weighted by molar-refractivity contribution is 0.357. The van der Waals surface area contributed by atoms with Crippen LogP contribution in [0.5, 0.6) is 5.75 Å². The summed E-state index contributed by atoms with van der Waals surface area (Å²) in [5.74, 6) is 3.17. The van der Waals surface area contributed by atoms with Crippen molar-refractivity contribution in [1.82, 2.24) is 14.7 Å². The van der Waals surface area contributed by atoms with Gasteiger partial charge >= 0.3 is 0 Å². The average molecular weight is 533 g/mol. The largest absolute Gasteiger partial charge is 0.493 e. The van der Waals surface area contributed by atoms with Gasteiger partial charge in [0.1, 0.15) is 17.3 Å². The highest BCUT2D eigenvalue weighted by Crippen LogP contribution is 2.42. The van der Waals surface area contributed by atoms with Crippen LogP contribution in [0.2, 0.25) is 0 Å². The van der Waals surface area contributed by atoms with Crippen LogP contribution in [0.15, 0.2) is 40.9 Å². The summed E-state index contributed by atoms with van der Waals surface area (Å²) in [4.78, 5) is 7.69. The Morgan fingerprint density at radius 2 is 1.95 bits per heavy atom. The molecule has 3 aliphatic heterocycles. The topological polar surface area (TPSA) is 90.5 Å². The molecule has 198 valence electrons. The Morgan fingerprint density at radius 3 is 2.76 bits per heavy atom. The van der Waals surface area contributed by atoms with E-state index < -0.39 is 9.84 Å². The smallest absolute Gasteiger partial charge is 0.152 e. The molecule has 0 aliphatic carbocycles. The SMILES string of the molecule is Cc1noc(C)c1-c1ccc2c(c1)nc([C@@H]1CCCN1c1ccc3c(c1)CCO3)n2C1CCCS(=O)(=O)C1. The van der Waals surface area contributed by atoms with Crippen LogP contribution in [-0.4, -0.2) is 47.8 Å². The number of aryl methyl sites for hydroxylation is 2. The molecule has 0 saturated carbocycles. The number of fused-ring (bicyclic) bond motifs is 2. The molecule has 2 saturated heterocycles.